The smallest absolute Gasteiger partial charge is 0.305 e. The van der Waals surface area contributed by atoms with Gasteiger partial charge in [0.15, 0.2) is 0 Å². The maximum atomic E-state index is 12.0. The summed E-state index contributed by atoms with van der Waals surface area (Å²) in [5, 5.41) is 0. The largest absolute Gasteiger partial charge is 0.466 e. The van der Waals surface area contributed by atoms with Crippen molar-refractivity contribution in [1.29, 1.82) is 0 Å². The first kappa shape index (κ1) is 56.2. The molecular formula is C55H108O2. The van der Waals surface area contributed by atoms with Crippen LogP contribution >= 0.6 is 0 Å². The van der Waals surface area contributed by atoms with E-state index in [4.69, 9.17) is 4.74 Å². The van der Waals surface area contributed by atoms with Gasteiger partial charge in [-0.1, -0.05) is 296 Å². The van der Waals surface area contributed by atoms with Gasteiger partial charge in [0.2, 0.25) is 0 Å². The topological polar surface area (TPSA) is 26.3 Å². The van der Waals surface area contributed by atoms with E-state index in [9.17, 15) is 4.79 Å². The average Bonchev–Trinajstić information content (AvgIpc) is 3.22. The van der Waals surface area contributed by atoms with Gasteiger partial charge in [-0.05, 0) is 38.5 Å². The van der Waals surface area contributed by atoms with Crippen molar-refractivity contribution in [3.63, 3.8) is 0 Å². The highest BCUT2D eigenvalue weighted by Crippen LogP contribution is 2.18. The van der Waals surface area contributed by atoms with Crippen LogP contribution in [0.25, 0.3) is 0 Å². The summed E-state index contributed by atoms with van der Waals surface area (Å²) in [6, 6.07) is 0. The summed E-state index contributed by atoms with van der Waals surface area (Å²) in [4.78, 5) is 12.0. The van der Waals surface area contributed by atoms with E-state index in [0.29, 0.717) is 13.0 Å². The Morgan fingerprint density at radius 1 is 0.281 bits per heavy atom. The number of carbonyl (C=O) groups excluding carboxylic acids is 1. The van der Waals surface area contributed by atoms with Gasteiger partial charge in [-0.3, -0.25) is 4.79 Å². The number of rotatable bonds is 51. The molecule has 0 aromatic carbocycles. The number of hydrogen-bond acceptors (Lipinski definition) is 2. The fraction of sp³-hybridized carbons (Fsp3) is 0.945. The molecule has 2 heteroatoms. The predicted octanol–water partition coefficient (Wildman–Crippen LogP) is 20.2. The molecule has 2 nitrogen and oxygen atoms in total. The van der Waals surface area contributed by atoms with Gasteiger partial charge in [0.05, 0.1) is 6.61 Å². The quantitative estimate of drug-likeness (QED) is 0.0348. The van der Waals surface area contributed by atoms with Gasteiger partial charge in [-0.25, -0.2) is 0 Å². The Bertz CT molecular complexity index is 743. The molecule has 0 rings (SSSR count). The summed E-state index contributed by atoms with van der Waals surface area (Å²) in [5.74, 6) is 0.0265. The van der Waals surface area contributed by atoms with Gasteiger partial charge >= 0.3 is 5.97 Å². The minimum atomic E-state index is 0.0265. The van der Waals surface area contributed by atoms with Gasteiger partial charge in [-0.15, -0.1) is 0 Å². The molecule has 0 atom stereocenters. The number of unbranched alkanes of at least 4 members (excludes halogenated alkanes) is 45. The lowest BCUT2D eigenvalue weighted by molar-refractivity contribution is -0.143. The second-order valence-corrected chi connectivity index (χ2v) is 18.6. The van der Waals surface area contributed by atoms with E-state index in [-0.39, 0.29) is 5.97 Å². The Balaban J connectivity index is 3.15. The molecule has 0 aliphatic heterocycles. The number of hydrogen-bond donors (Lipinski definition) is 0. The first-order valence-electron chi connectivity index (χ1n) is 27.1. The Kier molecular flexibility index (Phi) is 52.5. The first-order chi connectivity index (χ1) is 28.3. The summed E-state index contributed by atoms with van der Waals surface area (Å²) >= 11 is 0. The number of ether oxygens (including phenoxy) is 1. The molecule has 0 heterocycles. The van der Waals surface area contributed by atoms with E-state index >= 15 is 0 Å². The fourth-order valence-corrected chi connectivity index (χ4v) is 8.61. The minimum absolute atomic E-state index is 0.0265. The normalized spacial score (nSPS) is 11.7. The number of allylic oxidation sites excluding steroid dienone is 2. The highest BCUT2D eigenvalue weighted by molar-refractivity contribution is 5.69. The van der Waals surface area contributed by atoms with E-state index in [2.05, 4.69) is 26.0 Å². The monoisotopic (exact) mass is 801 g/mol. The highest BCUT2D eigenvalue weighted by atomic mass is 16.5. The zero-order valence-electron chi connectivity index (χ0n) is 39.8. The third-order valence-corrected chi connectivity index (χ3v) is 12.7. The van der Waals surface area contributed by atoms with Crippen LogP contribution in [0.15, 0.2) is 12.2 Å². The van der Waals surface area contributed by atoms with Gasteiger partial charge < -0.3 is 4.74 Å². The van der Waals surface area contributed by atoms with Crippen molar-refractivity contribution in [3.8, 4) is 0 Å². The van der Waals surface area contributed by atoms with Crippen molar-refractivity contribution < 1.29 is 9.53 Å². The van der Waals surface area contributed by atoms with E-state index in [1.807, 2.05) is 0 Å². The van der Waals surface area contributed by atoms with Gasteiger partial charge in [-0.2, -0.15) is 0 Å². The van der Waals surface area contributed by atoms with Crippen LogP contribution in [0.1, 0.15) is 328 Å². The SMILES string of the molecule is CCCCCCCCC=CCCCCCCCCCC(=O)OCCCCCCCCCCCCCCCCCCCCCCCCCCCCCCCCCCC. The Morgan fingerprint density at radius 3 is 0.754 bits per heavy atom. The summed E-state index contributed by atoms with van der Waals surface area (Å²) in [5.41, 5.74) is 0. The van der Waals surface area contributed by atoms with Crippen molar-refractivity contribution >= 4 is 5.97 Å². The standard InChI is InChI=1S/C55H108O2/c1-3-5-7-9-11-13-15-17-19-21-22-23-24-25-26-27-28-29-30-31-32-33-34-35-36-38-40-42-44-46-48-50-52-54-57-55(56)53-51-49-47-45-43-41-39-37-20-18-16-14-12-10-8-6-4-2/h18,20H,3-17,19,21-54H2,1-2H3. The van der Waals surface area contributed by atoms with Crippen molar-refractivity contribution in [2.75, 3.05) is 6.61 Å². The fourth-order valence-electron chi connectivity index (χ4n) is 8.61. The molecular weight excluding hydrogens is 693 g/mol. The van der Waals surface area contributed by atoms with Gasteiger partial charge in [0, 0.05) is 6.42 Å². The predicted molar refractivity (Wildman–Crippen MR) is 258 cm³/mol. The number of esters is 1. The molecule has 0 N–H and O–H groups in total. The molecule has 0 aliphatic rings. The maximum absolute atomic E-state index is 12.0. The molecule has 0 radical (unpaired) electrons. The van der Waals surface area contributed by atoms with Crippen LogP contribution in [0.2, 0.25) is 0 Å². The van der Waals surface area contributed by atoms with E-state index in [0.717, 1.165) is 12.8 Å². The Morgan fingerprint density at radius 2 is 0.491 bits per heavy atom. The minimum Gasteiger partial charge on any atom is -0.466 e. The van der Waals surface area contributed by atoms with Crippen LogP contribution in [0, 0.1) is 0 Å². The van der Waals surface area contributed by atoms with Crippen LogP contribution < -0.4 is 0 Å². The summed E-state index contributed by atoms with van der Waals surface area (Å²) in [6.45, 7) is 5.22. The van der Waals surface area contributed by atoms with Crippen LogP contribution in [0.3, 0.4) is 0 Å². The first-order valence-corrected chi connectivity index (χ1v) is 27.1. The van der Waals surface area contributed by atoms with Crippen molar-refractivity contribution in [3.05, 3.63) is 12.2 Å². The molecule has 0 aromatic heterocycles. The Hall–Kier alpha value is -0.790. The van der Waals surface area contributed by atoms with Crippen molar-refractivity contribution in [2.24, 2.45) is 0 Å². The van der Waals surface area contributed by atoms with Crippen molar-refractivity contribution in [1.82, 2.24) is 0 Å². The third kappa shape index (κ3) is 53.2. The average molecular weight is 801 g/mol. The molecule has 0 aliphatic carbocycles. The van der Waals surface area contributed by atoms with Crippen LogP contribution in [-0.2, 0) is 9.53 Å². The summed E-state index contributed by atoms with van der Waals surface area (Å²) in [6.07, 6.45) is 72.4. The van der Waals surface area contributed by atoms with Gasteiger partial charge in [0.25, 0.3) is 0 Å². The molecule has 0 aromatic rings. The number of carbonyl (C=O) groups is 1. The van der Waals surface area contributed by atoms with Crippen LogP contribution in [-0.4, -0.2) is 12.6 Å². The second-order valence-electron chi connectivity index (χ2n) is 18.6. The lowest BCUT2D eigenvalue weighted by Crippen LogP contribution is -2.05. The van der Waals surface area contributed by atoms with Crippen LogP contribution in [0.5, 0.6) is 0 Å². The molecule has 0 bridgehead atoms. The summed E-state index contributed by atoms with van der Waals surface area (Å²) in [7, 11) is 0. The molecule has 340 valence electrons. The molecule has 57 heavy (non-hydrogen) atoms. The molecule has 0 fully saturated rings. The van der Waals surface area contributed by atoms with E-state index in [1.165, 1.54) is 295 Å². The highest BCUT2D eigenvalue weighted by Gasteiger charge is 2.03. The lowest BCUT2D eigenvalue weighted by atomic mass is 10.0. The third-order valence-electron chi connectivity index (χ3n) is 12.7. The molecule has 0 amide bonds. The Labute approximate surface area is 361 Å². The zero-order valence-corrected chi connectivity index (χ0v) is 39.8. The molecule has 0 saturated carbocycles. The molecule has 0 saturated heterocycles. The van der Waals surface area contributed by atoms with Crippen molar-refractivity contribution in [2.45, 2.75) is 328 Å². The van der Waals surface area contributed by atoms with E-state index < -0.39 is 0 Å². The zero-order chi connectivity index (χ0) is 41.1. The van der Waals surface area contributed by atoms with E-state index in [1.54, 1.807) is 0 Å². The maximum Gasteiger partial charge on any atom is 0.305 e. The second kappa shape index (κ2) is 53.2. The lowest BCUT2D eigenvalue weighted by Gasteiger charge is -2.06. The molecule has 0 unspecified atom stereocenters. The summed E-state index contributed by atoms with van der Waals surface area (Å²) < 4.78 is 5.49. The molecule has 0 spiro atoms. The van der Waals surface area contributed by atoms with Crippen LogP contribution in [0.4, 0.5) is 0 Å². The van der Waals surface area contributed by atoms with Gasteiger partial charge in [0.1, 0.15) is 0 Å².